The summed E-state index contributed by atoms with van der Waals surface area (Å²) in [5.41, 5.74) is 1.19. The monoisotopic (exact) mass is 514 g/mol. The Bertz CT molecular complexity index is 1240. The number of hydrogen-bond acceptors (Lipinski definition) is 4. The number of benzene rings is 3. The van der Waals surface area contributed by atoms with Crippen LogP contribution in [0.4, 0.5) is 18.0 Å². The van der Waals surface area contributed by atoms with Crippen molar-refractivity contribution in [3.63, 3.8) is 0 Å². The number of ether oxygens (including phenoxy) is 2. The lowest BCUT2D eigenvalue weighted by Crippen LogP contribution is -2.54. The average molecular weight is 515 g/mol. The van der Waals surface area contributed by atoms with Gasteiger partial charge in [0.1, 0.15) is 17.3 Å². The first-order valence-corrected chi connectivity index (χ1v) is 11.4. The highest BCUT2D eigenvalue weighted by atomic mass is 19.2. The molecule has 1 saturated heterocycles. The van der Waals surface area contributed by atoms with Crippen LogP contribution in [0.1, 0.15) is 35.1 Å². The molecule has 2 atom stereocenters. The summed E-state index contributed by atoms with van der Waals surface area (Å²) >= 11 is 0. The number of carbonyl (C=O) groups is 2. The molecule has 0 bridgehead atoms. The second-order valence-electron chi connectivity index (χ2n) is 8.65. The number of carboxylic acid groups (broad SMARTS) is 1. The van der Waals surface area contributed by atoms with Crippen molar-refractivity contribution in [2.45, 2.75) is 24.4 Å². The van der Waals surface area contributed by atoms with E-state index in [2.05, 4.69) is 5.32 Å². The molecule has 0 aliphatic carbocycles. The standard InChI is InChI=1S/C27H25F3N2O5/c1-36-17-7-3-15(4-8-17)26(16-5-9-18(37-2)10-6-16)32-14-24(31-27(34)35)20(12-25(32)33)19-11-22(29)23(30)13-21(19)28/h3-11,13,20,24,26,31H,12,14H2,1-2H3,(H,34,35)/t20-,24+/m0/s1. The SMILES string of the molecule is COc1ccc(C(c2ccc(OC)cc2)N2C[C@@H](NC(=O)O)[C@H](c3cc(F)c(F)cc3F)CC2=O)cc1. The summed E-state index contributed by atoms with van der Waals surface area (Å²) in [5.74, 6) is -3.93. The zero-order valence-electron chi connectivity index (χ0n) is 20.1. The number of methoxy groups -OCH3 is 2. The van der Waals surface area contributed by atoms with Crippen molar-refractivity contribution in [3.8, 4) is 11.5 Å². The number of piperidine rings is 1. The smallest absolute Gasteiger partial charge is 0.404 e. The lowest BCUT2D eigenvalue weighted by Gasteiger charge is -2.42. The molecule has 1 heterocycles. The third-order valence-electron chi connectivity index (χ3n) is 6.52. The number of likely N-dealkylation sites (tertiary alicyclic amines) is 1. The topological polar surface area (TPSA) is 88.1 Å². The third kappa shape index (κ3) is 5.47. The molecule has 37 heavy (non-hydrogen) atoms. The lowest BCUT2D eigenvalue weighted by molar-refractivity contribution is -0.136. The summed E-state index contributed by atoms with van der Waals surface area (Å²) in [4.78, 5) is 26.6. The van der Waals surface area contributed by atoms with Gasteiger partial charge in [-0.2, -0.15) is 0 Å². The number of rotatable bonds is 7. The molecule has 2 amide bonds. The molecule has 0 saturated carbocycles. The van der Waals surface area contributed by atoms with Gasteiger partial charge < -0.3 is 24.8 Å². The predicted molar refractivity (Wildman–Crippen MR) is 128 cm³/mol. The minimum absolute atomic E-state index is 0.142. The highest BCUT2D eigenvalue weighted by molar-refractivity contribution is 5.80. The molecular formula is C27H25F3N2O5. The summed E-state index contributed by atoms with van der Waals surface area (Å²) in [6, 6.07) is 13.6. The van der Waals surface area contributed by atoms with Crippen molar-refractivity contribution in [1.29, 1.82) is 0 Å². The van der Waals surface area contributed by atoms with Crippen molar-refractivity contribution in [2.75, 3.05) is 20.8 Å². The second kappa shape index (κ2) is 10.8. The van der Waals surface area contributed by atoms with Gasteiger partial charge in [-0.15, -0.1) is 0 Å². The Morgan fingerprint density at radius 2 is 1.43 bits per heavy atom. The van der Waals surface area contributed by atoms with Crippen LogP contribution in [-0.4, -0.2) is 48.8 Å². The first-order valence-electron chi connectivity index (χ1n) is 11.4. The largest absolute Gasteiger partial charge is 0.497 e. The Labute approximate surface area is 211 Å². The van der Waals surface area contributed by atoms with E-state index in [-0.39, 0.29) is 18.5 Å². The van der Waals surface area contributed by atoms with Crippen LogP contribution >= 0.6 is 0 Å². The molecule has 1 aliphatic rings. The lowest BCUT2D eigenvalue weighted by atomic mass is 9.82. The summed E-state index contributed by atoms with van der Waals surface area (Å²) in [5, 5.41) is 11.8. The Kier molecular flexibility index (Phi) is 7.56. The van der Waals surface area contributed by atoms with E-state index in [1.807, 2.05) is 0 Å². The third-order valence-corrected chi connectivity index (χ3v) is 6.52. The predicted octanol–water partition coefficient (Wildman–Crippen LogP) is 4.86. The van der Waals surface area contributed by atoms with Crippen molar-refractivity contribution >= 4 is 12.0 Å². The van der Waals surface area contributed by atoms with E-state index >= 15 is 0 Å². The van der Waals surface area contributed by atoms with Gasteiger partial charge in [0.2, 0.25) is 5.91 Å². The minimum Gasteiger partial charge on any atom is -0.497 e. The van der Waals surface area contributed by atoms with Gasteiger partial charge in [-0.25, -0.2) is 18.0 Å². The highest BCUT2D eigenvalue weighted by Crippen LogP contribution is 2.38. The quantitative estimate of drug-likeness (QED) is 0.440. The fourth-order valence-electron chi connectivity index (χ4n) is 4.72. The molecule has 0 spiro atoms. The van der Waals surface area contributed by atoms with Gasteiger partial charge in [0.15, 0.2) is 11.6 Å². The van der Waals surface area contributed by atoms with Gasteiger partial charge in [-0.3, -0.25) is 4.79 Å². The minimum atomic E-state index is -1.39. The van der Waals surface area contributed by atoms with Crippen molar-refractivity contribution in [2.24, 2.45) is 0 Å². The molecule has 3 aromatic rings. The van der Waals surface area contributed by atoms with Crippen LogP contribution in [0.25, 0.3) is 0 Å². The molecule has 4 rings (SSSR count). The van der Waals surface area contributed by atoms with Crippen LogP contribution in [0.3, 0.4) is 0 Å². The first kappa shape index (κ1) is 25.9. The van der Waals surface area contributed by atoms with Gasteiger partial charge in [0.25, 0.3) is 0 Å². The van der Waals surface area contributed by atoms with Crippen LogP contribution < -0.4 is 14.8 Å². The Balaban J connectivity index is 1.76. The van der Waals surface area contributed by atoms with E-state index in [1.54, 1.807) is 48.5 Å². The van der Waals surface area contributed by atoms with Gasteiger partial charge in [0.05, 0.1) is 26.3 Å². The highest BCUT2D eigenvalue weighted by Gasteiger charge is 2.41. The number of amides is 2. The number of nitrogens with one attached hydrogen (secondary N) is 1. The second-order valence-corrected chi connectivity index (χ2v) is 8.65. The van der Waals surface area contributed by atoms with Gasteiger partial charge >= 0.3 is 6.09 Å². The Morgan fingerprint density at radius 1 is 0.919 bits per heavy atom. The number of halogens is 3. The zero-order valence-corrected chi connectivity index (χ0v) is 20.1. The zero-order chi connectivity index (χ0) is 26.7. The van der Waals surface area contributed by atoms with E-state index < -0.39 is 47.5 Å². The number of hydrogen-bond donors (Lipinski definition) is 2. The van der Waals surface area contributed by atoms with Gasteiger partial charge in [0, 0.05) is 24.9 Å². The normalized spacial score (nSPS) is 17.6. The molecule has 0 unspecified atom stereocenters. The maximum atomic E-state index is 14.7. The Hall–Kier alpha value is -4.21. The van der Waals surface area contributed by atoms with E-state index in [0.717, 1.165) is 11.1 Å². The van der Waals surface area contributed by atoms with Crippen molar-refractivity contribution in [1.82, 2.24) is 10.2 Å². The van der Waals surface area contributed by atoms with Crippen LogP contribution in [0.2, 0.25) is 0 Å². The molecule has 10 heteroatoms. The van der Waals surface area contributed by atoms with Crippen LogP contribution in [0.5, 0.6) is 11.5 Å². The van der Waals surface area contributed by atoms with E-state index in [9.17, 15) is 27.9 Å². The number of carbonyl (C=O) groups excluding carboxylic acids is 1. The number of nitrogens with zero attached hydrogens (tertiary/aromatic N) is 1. The van der Waals surface area contributed by atoms with Crippen LogP contribution in [-0.2, 0) is 4.79 Å². The van der Waals surface area contributed by atoms with Crippen molar-refractivity contribution in [3.05, 3.63) is 94.8 Å². The molecule has 2 N–H and O–H groups in total. The maximum Gasteiger partial charge on any atom is 0.404 e. The average Bonchev–Trinajstić information content (AvgIpc) is 2.88. The van der Waals surface area contributed by atoms with E-state index in [1.165, 1.54) is 19.1 Å². The van der Waals surface area contributed by atoms with Gasteiger partial charge in [-0.05, 0) is 47.0 Å². The maximum absolute atomic E-state index is 14.7. The molecule has 3 aromatic carbocycles. The fourth-order valence-corrected chi connectivity index (χ4v) is 4.72. The van der Waals surface area contributed by atoms with Crippen molar-refractivity contribution < 1.29 is 37.3 Å². The molecular weight excluding hydrogens is 489 g/mol. The summed E-state index contributed by atoms with van der Waals surface area (Å²) < 4.78 is 52.7. The fraction of sp³-hybridized carbons (Fsp3) is 0.259. The Morgan fingerprint density at radius 3 is 1.92 bits per heavy atom. The molecule has 7 nitrogen and oxygen atoms in total. The summed E-state index contributed by atoms with van der Waals surface area (Å²) in [7, 11) is 3.06. The van der Waals surface area contributed by atoms with E-state index in [4.69, 9.17) is 9.47 Å². The summed E-state index contributed by atoms with van der Waals surface area (Å²) in [6.07, 6.45) is -1.71. The molecule has 1 aliphatic heterocycles. The molecule has 1 fully saturated rings. The van der Waals surface area contributed by atoms with Crippen LogP contribution in [0, 0.1) is 17.5 Å². The first-order chi connectivity index (χ1) is 17.7. The summed E-state index contributed by atoms with van der Waals surface area (Å²) in [6.45, 7) is -0.142. The molecule has 194 valence electrons. The molecule has 0 radical (unpaired) electrons. The van der Waals surface area contributed by atoms with Crippen LogP contribution in [0.15, 0.2) is 60.7 Å². The van der Waals surface area contributed by atoms with E-state index in [0.29, 0.717) is 23.6 Å². The van der Waals surface area contributed by atoms with Gasteiger partial charge in [-0.1, -0.05) is 24.3 Å². The molecule has 0 aromatic heterocycles.